The maximum absolute atomic E-state index is 13.1. The predicted molar refractivity (Wildman–Crippen MR) is 199 cm³/mol. The van der Waals surface area contributed by atoms with Gasteiger partial charge < -0.3 is 30.5 Å². The molecule has 2 aromatic carbocycles. The van der Waals surface area contributed by atoms with Crippen molar-refractivity contribution in [2.24, 2.45) is 0 Å². The summed E-state index contributed by atoms with van der Waals surface area (Å²) in [5.41, 5.74) is 4.29. The minimum atomic E-state index is -1.07. The van der Waals surface area contributed by atoms with Crippen molar-refractivity contribution in [2.45, 2.75) is 100 Å². The molecule has 0 spiro atoms. The van der Waals surface area contributed by atoms with E-state index in [1.54, 1.807) is 16.7 Å². The first-order valence-electron chi connectivity index (χ1n) is 18.0. The fourth-order valence-electron chi connectivity index (χ4n) is 6.13. The third kappa shape index (κ3) is 11.2. The molecular weight excluding hydrogens is 672 g/mol. The molecule has 2 saturated carbocycles. The van der Waals surface area contributed by atoms with Crippen LogP contribution < -0.4 is 15.4 Å². The Balaban J connectivity index is 1.16. The van der Waals surface area contributed by atoms with E-state index in [1.165, 1.54) is 12.5 Å². The van der Waals surface area contributed by atoms with Crippen molar-refractivity contribution < 1.29 is 24.5 Å². The number of hydrogen-bond acceptors (Lipinski definition) is 8. The molecule has 1 unspecified atom stereocenters. The van der Waals surface area contributed by atoms with E-state index in [2.05, 4.69) is 45.9 Å². The number of unbranched alkanes of at least 4 members (excludes halogenated alkanes) is 2. The largest absolute Gasteiger partial charge is 0.490 e. The van der Waals surface area contributed by atoms with E-state index in [4.69, 9.17) is 21.4 Å². The monoisotopic (exact) mass is 722 g/mol. The molecule has 50 heavy (non-hydrogen) atoms. The lowest BCUT2D eigenvalue weighted by Gasteiger charge is -2.25. The van der Waals surface area contributed by atoms with E-state index in [0.717, 1.165) is 83.1 Å². The number of aromatic nitrogens is 1. The maximum Gasteiger partial charge on any atom is 0.251 e. The molecule has 2 amide bonds. The zero-order valence-electron chi connectivity index (χ0n) is 29.0. The second-order valence-electron chi connectivity index (χ2n) is 13.4. The zero-order chi connectivity index (χ0) is 35.3. The fourth-order valence-corrected chi connectivity index (χ4v) is 7.21. The van der Waals surface area contributed by atoms with Crippen LogP contribution in [0.4, 0.5) is 0 Å². The Hall–Kier alpha value is -3.15. The summed E-state index contributed by atoms with van der Waals surface area (Å²) in [4.78, 5) is 31.6. The molecule has 2 aliphatic carbocycles. The lowest BCUT2D eigenvalue weighted by molar-refractivity contribution is -0.140. The smallest absolute Gasteiger partial charge is 0.251 e. The van der Waals surface area contributed by atoms with Crippen LogP contribution in [0.1, 0.15) is 82.3 Å². The van der Waals surface area contributed by atoms with Crippen LogP contribution in [-0.4, -0.2) is 76.1 Å². The van der Waals surface area contributed by atoms with E-state index in [9.17, 15) is 14.7 Å². The van der Waals surface area contributed by atoms with Crippen LogP contribution in [0.3, 0.4) is 0 Å². The summed E-state index contributed by atoms with van der Waals surface area (Å²) < 4.78 is 6.27. The minimum Gasteiger partial charge on any atom is -0.490 e. The van der Waals surface area contributed by atoms with Crippen molar-refractivity contribution in [2.75, 3.05) is 32.0 Å². The Bertz CT molecular complexity index is 1570. The van der Waals surface area contributed by atoms with Gasteiger partial charge in [0, 0.05) is 73.1 Å². The summed E-state index contributed by atoms with van der Waals surface area (Å²) in [6.45, 7) is 3.78. The average molecular weight is 723 g/mol. The van der Waals surface area contributed by atoms with Crippen molar-refractivity contribution in [3.8, 4) is 16.9 Å². The summed E-state index contributed by atoms with van der Waals surface area (Å²) in [7, 11) is 0. The van der Waals surface area contributed by atoms with Gasteiger partial charge in [-0.05, 0) is 117 Å². The van der Waals surface area contributed by atoms with E-state index in [1.807, 2.05) is 30.6 Å². The van der Waals surface area contributed by atoms with E-state index < -0.39 is 6.10 Å². The summed E-state index contributed by atoms with van der Waals surface area (Å²) in [5, 5.41) is 26.9. The number of aliphatic hydroxyl groups excluding tert-OH is 2. The number of hydrogen-bond donors (Lipinski definition) is 4. The van der Waals surface area contributed by atoms with Gasteiger partial charge in [-0.15, -0.1) is 11.8 Å². The number of halogens is 1. The molecule has 2 fully saturated rings. The predicted octanol–water partition coefficient (Wildman–Crippen LogP) is 6.47. The topological polar surface area (TPSA) is 124 Å². The van der Waals surface area contributed by atoms with Gasteiger partial charge in [-0.25, -0.2) is 0 Å². The van der Waals surface area contributed by atoms with Gasteiger partial charge in [0.2, 0.25) is 5.91 Å². The molecule has 2 aliphatic rings. The minimum absolute atomic E-state index is 0.0466. The molecule has 0 saturated heterocycles. The first kappa shape index (κ1) is 38.1. The average Bonchev–Trinajstić information content (AvgIpc) is 4.06. The zero-order valence-corrected chi connectivity index (χ0v) is 30.6. The highest BCUT2D eigenvalue weighted by atomic mass is 35.5. The summed E-state index contributed by atoms with van der Waals surface area (Å²) >= 11 is 8.44. The molecule has 1 heterocycles. The molecule has 5 rings (SSSR count). The van der Waals surface area contributed by atoms with Crippen LogP contribution >= 0.6 is 23.4 Å². The van der Waals surface area contributed by atoms with Gasteiger partial charge in [0.05, 0.1) is 6.10 Å². The van der Waals surface area contributed by atoms with E-state index >= 15 is 0 Å². The van der Waals surface area contributed by atoms with Crippen LogP contribution in [0.15, 0.2) is 65.8 Å². The van der Waals surface area contributed by atoms with Crippen molar-refractivity contribution in [1.29, 1.82) is 0 Å². The van der Waals surface area contributed by atoms with Gasteiger partial charge in [0.1, 0.15) is 11.9 Å². The third-order valence-electron chi connectivity index (χ3n) is 9.27. The number of rotatable bonds is 22. The molecule has 11 heteroatoms. The second-order valence-corrected chi connectivity index (χ2v) is 15.0. The molecule has 4 N–H and O–H groups in total. The number of para-hydroxylation sites is 1. The van der Waals surface area contributed by atoms with Crippen molar-refractivity contribution in [1.82, 2.24) is 20.5 Å². The number of carbonyl (C=O) groups is 2. The Morgan fingerprint density at radius 2 is 1.86 bits per heavy atom. The Labute approximate surface area is 305 Å². The van der Waals surface area contributed by atoms with Crippen molar-refractivity contribution in [3.05, 3.63) is 77.1 Å². The molecule has 9 nitrogen and oxygen atoms in total. The summed E-state index contributed by atoms with van der Waals surface area (Å²) in [6, 6.07) is 16.5. The number of pyridine rings is 1. The molecule has 3 aromatic rings. The van der Waals surface area contributed by atoms with Gasteiger partial charge in [0.25, 0.3) is 5.91 Å². The van der Waals surface area contributed by atoms with Crippen LogP contribution in [-0.2, 0) is 21.7 Å². The SMILES string of the molecule is CC(=O)NCCCCN(CCCSc1ccc(Cl)c(CNC2(c3cnccc3-c3ccccc3OC3CC3)CC2)c1)C(=O)C(O)CCCCO. The van der Waals surface area contributed by atoms with Crippen molar-refractivity contribution >= 4 is 35.2 Å². The van der Waals surface area contributed by atoms with Crippen LogP contribution in [0.25, 0.3) is 11.1 Å². The number of thioether (sulfide) groups is 1. The van der Waals surface area contributed by atoms with Gasteiger partial charge in [0.15, 0.2) is 0 Å². The number of nitrogens with one attached hydrogen (secondary N) is 2. The third-order valence-corrected chi connectivity index (χ3v) is 10.7. The first-order chi connectivity index (χ1) is 24.3. The standard InChI is InChI=1S/C39H51ClN4O5S/c1-28(46)42-19-5-6-21-44(38(48)36(47)10-4-7-23-45)22-8-24-50-31-14-15-35(40)29(25-31)26-43-39(17-18-39)34-27-41-20-16-32(34)33-9-2-3-11-37(33)49-30-12-13-30/h2-3,9,11,14-16,20,25,27,30,36,43,45,47H,4-8,10,12-13,17-19,21-24,26H2,1H3,(H,42,46). The normalized spacial score (nSPS) is 15.4. The summed E-state index contributed by atoms with van der Waals surface area (Å²) in [6.07, 6.45) is 11.1. The Morgan fingerprint density at radius 1 is 1.06 bits per heavy atom. The molecular formula is C39H51ClN4O5S. The second kappa shape index (κ2) is 18.9. The van der Waals surface area contributed by atoms with Crippen LogP contribution in [0, 0.1) is 0 Å². The molecule has 1 atom stereocenters. The van der Waals surface area contributed by atoms with E-state index in [0.29, 0.717) is 51.5 Å². The Morgan fingerprint density at radius 3 is 2.62 bits per heavy atom. The molecule has 0 bridgehead atoms. The van der Waals surface area contributed by atoms with Crippen molar-refractivity contribution in [3.63, 3.8) is 0 Å². The fraction of sp³-hybridized carbons (Fsp3) is 0.513. The number of benzene rings is 2. The van der Waals surface area contributed by atoms with Crippen LogP contribution in [0.5, 0.6) is 5.75 Å². The number of carbonyl (C=O) groups excluding carboxylic acids is 2. The van der Waals surface area contributed by atoms with Crippen LogP contribution in [0.2, 0.25) is 5.02 Å². The number of ether oxygens (including phenoxy) is 1. The van der Waals surface area contributed by atoms with Gasteiger partial charge >= 0.3 is 0 Å². The van der Waals surface area contributed by atoms with Gasteiger partial charge in [-0.3, -0.25) is 14.6 Å². The quantitative estimate of drug-likeness (QED) is 0.0688. The molecule has 270 valence electrons. The lowest BCUT2D eigenvalue weighted by Crippen LogP contribution is -2.40. The molecule has 0 aliphatic heterocycles. The van der Waals surface area contributed by atoms with Gasteiger partial charge in [-0.1, -0.05) is 29.8 Å². The number of amides is 2. The van der Waals surface area contributed by atoms with Gasteiger partial charge in [-0.2, -0.15) is 0 Å². The Kier molecular flexibility index (Phi) is 14.4. The van der Waals surface area contributed by atoms with E-state index in [-0.39, 0.29) is 24.0 Å². The number of aliphatic hydroxyl groups is 2. The highest BCUT2D eigenvalue weighted by Gasteiger charge is 2.46. The number of nitrogens with zero attached hydrogens (tertiary/aromatic N) is 2. The lowest BCUT2D eigenvalue weighted by atomic mass is 9.94. The summed E-state index contributed by atoms with van der Waals surface area (Å²) in [5.74, 6) is 1.39. The highest BCUT2D eigenvalue weighted by Crippen LogP contribution is 2.50. The molecule has 0 radical (unpaired) electrons. The molecule has 1 aromatic heterocycles. The highest BCUT2D eigenvalue weighted by molar-refractivity contribution is 7.99. The first-order valence-corrected chi connectivity index (χ1v) is 19.3. The maximum atomic E-state index is 13.1.